The number of amides is 1. The first-order chi connectivity index (χ1) is 18.8. The van der Waals surface area contributed by atoms with Gasteiger partial charge in [0.1, 0.15) is 0 Å². The number of rotatable bonds is 4. The zero-order valence-electron chi connectivity index (χ0n) is 20.4. The van der Waals surface area contributed by atoms with Crippen LogP contribution in [-0.2, 0) is 23.7 Å². The van der Waals surface area contributed by atoms with Gasteiger partial charge in [-0.15, -0.1) is 0 Å². The average Bonchev–Trinajstić information content (AvgIpc) is 3.41. The maximum absolute atomic E-state index is 13.6. The standard InChI is InChI=1S/C25H20ClF6N5O2S/c26-21-17-7-13(8-20-22(39)34-23(40-20)36-6-5-33-16(11-36)12-38)1-4-19(17)37(35-21)10-14-2-3-15(24(27,28)29)9-18(14)25(30,31)32/h1-4,7-9,16,33,38H,5-6,10-12H2/t16-/m1/s1. The molecule has 3 heterocycles. The molecule has 3 aromatic rings. The number of aliphatic hydroxyl groups excluding tert-OH is 1. The number of nitrogens with one attached hydrogen (secondary N) is 1. The topological polar surface area (TPSA) is 82.8 Å². The highest BCUT2D eigenvalue weighted by molar-refractivity contribution is 8.18. The molecule has 1 amide bonds. The van der Waals surface area contributed by atoms with E-state index in [0.717, 1.165) is 6.07 Å². The fraction of sp³-hybridized carbons (Fsp3) is 0.320. The van der Waals surface area contributed by atoms with Crippen LogP contribution in [0.1, 0.15) is 22.3 Å². The minimum Gasteiger partial charge on any atom is -0.395 e. The number of halogens is 7. The quantitative estimate of drug-likeness (QED) is 0.322. The van der Waals surface area contributed by atoms with Gasteiger partial charge in [-0.3, -0.25) is 9.48 Å². The highest BCUT2D eigenvalue weighted by Crippen LogP contribution is 2.38. The van der Waals surface area contributed by atoms with Crippen LogP contribution in [0.5, 0.6) is 0 Å². The van der Waals surface area contributed by atoms with Crippen LogP contribution in [0.2, 0.25) is 5.15 Å². The summed E-state index contributed by atoms with van der Waals surface area (Å²) in [6, 6.07) is 6.14. The van der Waals surface area contributed by atoms with Gasteiger partial charge in [0.25, 0.3) is 5.91 Å². The van der Waals surface area contributed by atoms with Gasteiger partial charge < -0.3 is 15.3 Å². The molecule has 7 nitrogen and oxygen atoms in total. The minimum atomic E-state index is -5.02. The summed E-state index contributed by atoms with van der Waals surface area (Å²) in [6.07, 6.45) is -8.33. The van der Waals surface area contributed by atoms with Gasteiger partial charge in [-0.05, 0) is 53.2 Å². The van der Waals surface area contributed by atoms with Crippen LogP contribution >= 0.6 is 23.4 Å². The normalized spacial score (nSPS) is 19.6. The summed E-state index contributed by atoms with van der Waals surface area (Å²) in [5.41, 5.74) is -2.28. The predicted octanol–water partition coefficient (Wildman–Crippen LogP) is 5.01. The van der Waals surface area contributed by atoms with Crippen molar-refractivity contribution in [3.8, 4) is 0 Å². The third-order valence-corrected chi connectivity index (χ3v) is 7.77. The first-order valence-corrected chi connectivity index (χ1v) is 13.1. The Kier molecular flexibility index (Phi) is 7.63. The van der Waals surface area contributed by atoms with E-state index in [0.29, 0.717) is 52.2 Å². The lowest BCUT2D eigenvalue weighted by Crippen LogP contribution is -2.53. The van der Waals surface area contributed by atoms with Crippen molar-refractivity contribution < 1.29 is 36.2 Å². The lowest BCUT2D eigenvalue weighted by atomic mass is 10.0. The fourth-order valence-corrected chi connectivity index (χ4v) is 5.68. The van der Waals surface area contributed by atoms with E-state index in [-0.39, 0.29) is 23.9 Å². The van der Waals surface area contributed by atoms with Crippen LogP contribution in [0.15, 0.2) is 46.3 Å². The molecular weight excluding hydrogens is 584 g/mol. The van der Waals surface area contributed by atoms with Gasteiger partial charge in [-0.25, -0.2) is 0 Å². The fourth-order valence-electron chi connectivity index (χ4n) is 4.49. The van der Waals surface area contributed by atoms with Gasteiger partial charge in [0.2, 0.25) is 0 Å². The number of hydrogen-bond acceptors (Lipinski definition) is 6. The molecule has 0 bridgehead atoms. The lowest BCUT2D eigenvalue weighted by Gasteiger charge is -2.33. The van der Waals surface area contributed by atoms with Gasteiger partial charge in [-0.1, -0.05) is 23.7 Å². The number of thioether (sulfide) groups is 1. The zero-order valence-corrected chi connectivity index (χ0v) is 21.9. The molecule has 1 saturated heterocycles. The van der Waals surface area contributed by atoms with Gasteiger partial charge in [0.05, 0.1) is 34.7 Å². The van der Waals surface area contributed by atoms with Crippen LogP contribution in [-0.4, -0.2) is 63.1 Å². The molecule has 5 rings (SSSR count). The number of aromatic nitrogens is 2. The van der Waals surface area contributed by atoms with Gasteiger partial charge in [-0.2, -0.15) is 36.4 Å². The highest BCUT2D eigenvalue weighted by Gasteiger charge is 2.38. The Bertz CT molecular complexity index is 1530. The Labute approximate surface area is 232 Å². The van der Waals surface area contributed by atoms with E-state index in [9.17, 15) is 36.2 Å². The van der Waals surface area contributed by atoms with Crippen molar-refractivity contribution in [3.05, 3.63) is 68.7 Å². The molecule has 0 radical (unpaired) electrons. The Balaban J connectivity index is 1.40. The molecule has 0 unspecified atom stereocenters. The number of benzene rings is 2. The zero-order chi connectivity index (χ0) is 28.8. The number of carbonyl (C=O) groups excluding carboxylic acids is 1. The van der Waals surface area contributed by atoms with Gasteiger partial charge >= 0.3 is 12.4 Å². The SMILES string of the molecule is O=C1N=C(N2CCN[C@@H](CO)C2)SC1=Cc1ccc2c(c1)c(Cl)nn2Cc1ccc(C(F)(F)F)cc1C(F)(F)F. The molecule has 0 spiro atoms. The first-order valence-electron chi connectivity index (χ1n) is 11.9. The third kappa shape index (κ3) is 5.85. The lowest BCUT2D eigenvalue weighted by molar-refractivity contribution is -0.143. The number of amidine groups is 1. The van der Waals surface area contributed by atoms with Crippen LogP contribution in [0, 0.1) is 0 Å². The van der Waals surface area contributed by atoms with Gasteiger partial charge in [0.15, 0.2) is 10.3 Å². The van der Waals surface area contributed by atoms with Gasteiger partial charge in [0, 0.05) is 31.1 Å². The molecule has 1 aromatic heterocycles. The number of aliphatic hydroxyl groups is 1. The van der Waals surface area contributed by atoms with E-state index in [4.69, 9.17) is 11.6 Å². The molecule has 2 aliphatic heterocycles. The van der Waals surface area contributed by atoms with E-state index in [2.05, 4.69) is 15.4 Å². The monoisotopic (exact) mass is 603 g/mol. The number of aliphatic imine (C=N–C) groups is 1. The van der Waals surface area contributed by atoms with Crippen LogP contribution in [0.4, 0.5) is 26.3 Å². The second kappa shape index (κ2) is 10.7. The summed E-state index contributed by atoms with van der Waals surface area (Å²) < 4.78 is 81.1. The number of nitrogens with zero attached hydrogens (tertiary/aromatic N) is 4. The van der Waals surface area contributed by atoms with Crippen LogP contribution < -0.4 is 5.32 Å². The van der Waals surface area contributed by atoms with E-state index >= 15 is 0 Å². The van der Waals surface area contributed by atoms with E-state index in [1.807, 2.05) is 4.90 Å². The molecule has 0 aliphatic carbocycles. The third-order valence-electron chi connectivity index (χ3n) is 6.45. The Morgan fingerprint density at radius 3 is 2.60 bits per heavy atom. The number of alkyl halides is 6. The summed E-state index contributed by atoms with van der Waals surface area (Å²) >= 11 is 7.47. The van der Waals surface area contributed by atoms with Crippen LogP contribution in [0.3, 0.4) is 0 Å². The molecule has 2 aliphatic rings. The molecule has 1 fully saturated rings. The smallest absolute Gasteiger partial charge is 0.395 e. The maximum Gasteiger partial charge on any atom is 0.416 e. The second-order valence-electron chi connectivity index (χ2n) is 9.18. The number of piperazine rings is 1. The second-order valence-corrected chi connectivity index (χ2v) is 10.5. The van der Waals surface area contributed by atoms with Crippen LogP contribution in [0.25, 0.3) is 17.0 Å². The van der Waals surface area contributed by atoms with Crippen molar-refractivity contribution in [2.75, 3.05) is 26.2 Å². The number of carbonyl (C=O) groups is 1. The summed E-state index contributed by atoms with van der Waals surface area (Å²) in [5.74, 6) is -0.428. The van der Waals surface area contributed by atoms with Crippen molar-refractivity contribution in [1.82, 2.24) is 20.0 Å². The summed E-state index contributed by atoms with van der Waals surface area (Å²) in [7, 11) is 0. The molecule has 40 heavy (non-hydrogen) atoms. The summed E-state index contributed by atoms with van der Waals surface area (Å²) in [6.45, 7) is 1.24. The highest BCUT2D eigenvalue weighted by atomic mass is 35.5. The molecule has 2 aromatic carbocycles. The Morgan fingerprint density at radius 1 is 1.12 bits per heavy atom. The van der Waals surface area contributed by atoms with Crippen molar-refractivity contribution >= 4 is 51.4 Å². The van der Waals surface area contributed by atoms with Crippen molar-refractivity contribution in [3.63, 3.8) is 0 Å². The molecule has 212 valence electrons. The largest absolute Gasteiger partial charge is 0.416 e. The van der Waals surface area contributed by atoms with E-state index in [1.54, 1.807) is 24.3 Å². The summed E-state index contributed by atoms with van der Waals surface area (Å²) in [4.78, 5) is 18.9. The molecule has 2 N–H and O–H groups in total. The van der Waals surface area contributed by atoms with E-state index in [1.165, 1.54) is 16.4 Å². The van der Waals surface area contributed by atoms with Crippen molar-refractivity contribution in [2.24, 2.45) is 4.99 Å². The predicted molar refractivity (Wildman–Crippen MR) is 139 cm³/mol. The molecule has 0 saturated carbocycles. The van der Waals surface area contributed by atoms with E-state index < -0.39 is 41.5 Å². The minimum absolute atomic E-state index is 0.0195. The Hall–Kier alpha value is -3.07. The molecular formula is C25H20ClF6N5O2S. The number of hydrogen-bond donors (Lipinski definition) is 2. The summed E-state index contributed by atoms with van der Waals surface area (Å²) in [5, 5.41) is 17.6. The Morgan fingerprint density at radius 2 is 1.90 bits per heavy atom. The number of fused-ring (bicyclic) bond motifs is 1. The molecule has 15 heteroatoms. The molecule has 1 atom stereocenters. The average molecular weight is 604 g/mol. The first kappa shape index (κ1) is 28.5. The van der Waals surface area contributed by atoms with Crippen molar-refractivity contribution in [2.45, 2.75) is 24.9 Å². The van der Waals surface area contributed by atoms with Crippen molar-refractivity contribution in [1.29, 1.82) is 0 Å². The maximum atomic E-state index is 13.6.